The highest BCUT2D eigenvalue weighted by Gasteiger charge is 2.37. The molecule has 0 saturated carbocycles. The average molecular weight is 323 g/mol. The lowest BCUT2D eigenvalue weighted by Crippen LogP contribution is -2.44. The Morgan fingerprint density at radius 1 is 1.41 bits per heavy atom. The third-order valence-electron chi connectivity index (χ3n) is 3.82. The van der Waals surface area contributed by atoms with E-state index in [1.807, 2.05) is 31.2 Å². The first-order valence-electron chi connectivity index (χ1n) is 6.95. The normalized spacial score (nSPS) is 23.7. The van der Waals surface area contributed by atoms with Crippen LogP contribution in [0.2, 0.25) is 0 Å². The largest absolute Gasteiger partial charge is 0.390 e. The lowest BCUT2D eigenvalue weighted by atomic mass is 10.2. The van der Waals surface area contributed by atoms with Gasteiger partial charge in [-0.2, -0.15) is 0 Å². The number of fused-ring (bicyclic) bond motifs is 1. The topological polar surface area (TPSA) is 101 Å². The second-order valence-electron chi connectivity index (χ2n) is 5.55. The number of sulfone groups is 1. The van der Waals surface area contributed by atoms with Gasteiger partial charge in [-0.05, 0) is 19.1 Å². The molecule has 22 heavy (non-hydrogen) atoms. The Balaban J connectivity index is 1.75. The molecule has 1 amide bonds. The summed E-state index contributed by atoms with van der Waals surface area (Å²) in [6.45, 7) is 1.85. The number of para-hydroxylation sites is 2. The molecular weight excluding hydrogens is 306 g/mol. The summed E-state index contributed by atoms with van der Waals surface area (Å²) in [6, 6.07) is 6.73. The fourth-order valence-electron chi connectivity index (χ4n) is 2.76. The third-order valence-corrected chi connectivity index (χ3v) is 5.53. The number of aromatic nitrogens is 2. The molecule has 118 valence electrons. The van der Waals surface area contributed by atoms with E-state index in [9.17, 15) is 18.3 Å². The van der Waals surface area contributed by atoms with Gasteiger partial charge in [0, 0.05) is 0 Å². The van der Waals surface area contributed by atoms with Gasteiger partial charge in [-0.25, -0.2) is 13.4 Å². The molecule has 2 aromatic rings. The van der Waals surface area contributed by atoms with Crippen LogP contribution < -0.4 is 5.32 Å². The van der Waals surface area contributed by atoms with Gasteiger partial charge in [0.2, 0.25) is 5.91 Å². The minimum atomic E-state index is -3.28. The molecule has 1 aliphatic rings. The van der Waals surface area contributed by atoms with E-state index in [0.29, 0.717) is 5.82 Å². The van der Waals surface area contributed by atoms with Gasteiger partial charge in [-0.1, -0.05) is 12.1 Å². The molecule has 2 N–H and O–H groups in total. The van der Waals surface area contributed by atoms with Gasteiger partial charge in [0.1, 0.15) is 12.4 Å². The second-order valence-corrected chi connectivity index (χ2v) is 7.71. The van der Waals surface area contributed by atoms with Crippen LogP contribution in [0.1, 0.15) is 5.82 Å². The van der Waals surface area contributed by atoms with Gasteiger partial charge in [0.05, 0.1) is 34.7 Å². The summed E-state index contributed by atoms with van der Waals surface area (Å²) in [5, 5.41) is 12.3. The first-order chi connectivity index (χ1) is 10.4. The smallest absolute Gasteiger partial charge is 0.240 e. The predicted molar refractivity (Wildman–Crippen MR) is 81.1 cm³/mol. The predicted octanol–water partition coefficient (Wildman–Crippen LogP) is -0.381. The van der Waals surface area contributed by atoms with Crippen molar-refractivity contribution in [2.45, 2.75) is 25.6 Å². The monoisotopic (exact) mass is 323 g/mol. The molecule has 2 unspecified atom stereocenters. The van der Waals surface area contributed by atoms with Crippen molar-refractivity contribution >= 4 is 26.8 Å². The summed E-state index contributed by atoms with van der Waals surface area (Å²) < 4.78 is 24.7. The number of carbonyl (C=O) groups excluding carboxylic acids is 1. The van der Waals surface area contributed by atoms with Crippen molar-refractivity contribution in [2.24, 2.45) is 0 Å². The van der Waals surface area contributed by atoms with Gasteiger partial charge in [-0.15, -0.1) is 0 Å². The van der Waals surface area contributed by atoms with Gasteiger partial charge < -0.3 is 15.0 Å². The SMILES string of the molecule is Cc1nc2ccccc2n1CC(=O)NC1CS(=O)(=O)CC1O. The Morgan fingerprint density at radius 2 is 2.14 bits per heavy atom. The number of aryl methyl sites for hydroxylation is 1. The first kappa shape index (κ1) is 15.0. The number of amides is 1. The van der Waals surface area contributed by atoms with Crippen LogP contribution in [0, 0.1) is 6.92 Å². The highest BCUT2D eigenvalue weighted by Crippen LogP contribution is 2.16. The zero-order valence-electron chi connectivity index (χ0n) is 12.1. The number of imidazole rings is 1. The van der Waals surface area contributed by atoms with Crippen LogP contribution in [0.3, 0.4) is 0 Å². The van der Waals surface area contributed by atoms with Crippen molar-refractivity contribution in [3.8, 4) is 0 Å². The van der Waals surface area contributed by atoms with E-state index in [2.05, 4.69) is 10.3 Å². The summed E-state index contributed by atoms with van der Waals surface area (Å²) in [4.78, 5) is 16.5. The van der Waals surface area contributed by atoms with Gasteiger partial charge in [0.25, 0.3) is 0 Å². The van der Waals surface area contributed by atoms with E-state index in [0.717, 1.165) is 11.0 Å². The molecule has 1 aliphatic heterocycles. The average Bonchev–Trinajstić information content (AvgIpc) is 2.87. The van der Waals surface area contributed by atoms with Gasteiger partial charge >= 0.3 is 0 Å². The number of aliphatic hydroxyl groups is 1. The van der Waals surface area contributed by atoms with Crippen LogP contribution in [0.15, 0.2) is 24.3 Å². The summed E-state index contributed by atoms with van der Waals surface area (Å²) >= 11 is 0. The molecule has 2 atom stereocenters. The number of hydrogen-bond donors (Lipinski definition) is 2. The molecule has 3 rings (SSSR count). The molecule has 1 fully saturated rings. The Bertz CT molecular complexity index is 828. The summed E-state index contributed by atoms with van der Waals surface area (Å²) in [7, 11) is -3.28. The zero-order chi connectivity index (χ0) is 15.9. The number of nitrogens with zero attached hydrogens (tertiary/aromatic N) is 2. The van der Waals surface area contributed by atoms with E-state index in [1.54, 1.807) is 4.57 Å². The summed E-state index contributed by atoms with van der Waals surface area (Å²) in [5.41, 5.74) is 1.64. The molecule has 1 aromatic carbocycles. The molecule has 0 spiro atoms. The van der Waals surface area contributed by atoms with Crippen LogP contribution in [-0.2, 0) is 21.2 Å². The molecule has 8 heteroatoms. The lowest BCUT2D eigenvalue weighted by Gasteiger charge is -2.15. The molecule has 0 aliphatic carbocycles. The van der Waals surface area contributed by atoms with Crippen molar-refractivity contribution in [2.75, 3.05) is 11.5 Å². The number of carbonyl (C=O) groups is 1. The molecule has 7 nitrogen and oxygen atoms in total. The quantitative estimate of drug-likeness (QED) is 0.802. The van der Waals surface area contributed by atoms with Crippen LogP contribution in [0.4, 0.5) is 0 Å². The van der Waals surface area contributed by atoms with E-state index in [4.69, 9.17) is 0 Å². The number of nitrogens with one attached hydrogen (secondary N) is 1. The highest BCUT2D eigenvalue weighted by molar-refractivity contribution is 7.91. The molecule has 1 saturated heterocycles. The lowest BCUT2D eigenvalue weighted by molar-refractivity contribution is -0.122. The van der Waals surface area contributed by atoms with Crippen LogP contribution in [-0.4, -0.2) is 52.6 Å². The van der Waals surface area contributed by atoms with Crippen LogP contribution in [0.5, 0.6) is 0 Å². The molecule has 2 heterocycles. The standard InChI is InChI=1S/C14H17N3O4S/c1-9-15-10-4-2-3-5-12(10)17(9)6-14(19)16-11-7-22(20,21)8-13(11)18/h2-5,11,13,18H,6-8H2,1H3,(H,16,19). The Hall–Kier alpha value is -1.93. The van der Waals surface area contributed by atoms with E-state index >= 15 is 0 Å². The summed E-state index contributed by atoms with van der Waals surface area (Å²) in [5.74, 6) is -0.155. The molecule has 0 radical (unpaired) electrons. The van der Waals surface area contributed by atoms with Gasteiger partial charge in [0.15, 0.2) is 9.84 Å². The van der Waals surface area contributed by atoms with Crippen molar-refractivity contribution in [1.29, 1.82) is 0 Å². The number of rotatable bonds is 3. The molecule has 0 bridgehead atoms. The van der Waals surface area contributed by atoms with E-state index < -0.39 is 22.0 Å². The van der Waals surface area contributed by atoms with E-state index in [1.165, 1.54) is 0 Å². The van der Waals surface area contributed by atoms with Crippen molar-refractivity contribution in [3.63, 3.8) is 0 Å². The van der Waals surface area contributed by atoms with Gasteiger partial charge in [-0.3, -0.25) is 4.79 Å². The van der Waals surface area contributed by atoms with Crippen molar-refractivity contribution in [3.05, 3.63) is 30.1 Å². The zero-order valence-corrected chi connectivity index (χ0v) is 12.9. The minimum absolute atomic E-state index is 0.0373. The maximum Gasteiger partial charge on any atom is 0.240 e. The van der Waals surface area contributed by atoms with E-state index in [-0.39, 0.29) is 24.0 Å². The highest BCUT2D eigenvalue weighted by atomic mass is 32.2. The Labute approximate surface area is 127 Å². The second kappa shape index (κ2) is 5.36. The number of aliphatic hydroxyl groups excluding tert-OH is 1. The summed E-state index contributed by atoms with van der Waals surface area (Å²) in [6.07, 6.45) is -1.05. The maximum atomic E-state index is 12.2. The maximum absolute atomic E-state index is 12.2. The Kier molecular flexibility index (Phi) is 3.65. The molecular formula is C14H17N3O4S. The third kappa shape index (κ3) is 2.84. The van der Waals surface area contributed by atoms with Crippen LogP contribution in [0.25, 0.3) is 11.0 Å². The number of hydrogen-bond acceptors (Lipinski definition) is 5. The van der Waals surface area contributed by atoms with Crippen molar-refractivity contribution in [1.82, 2.24) is 14.9 Å². The number of benzene rings is 1. The van der Waals surface area contributed by atoms with Crippen LogP contribution >= 0.6 is 0 Å². The van der Waals surface area contributed by atoms with Crippen molar-refractivity contribution < 1.29 is 18.3 Å². The minimum Gasteiger partial charge on any atom is -0.390 e. The fraction of sp³-hybridized carbons (Fsp3) is 0.429. The Morgan fingerprint density at radius 3 is 2.82 bits per heavy atom. The fourth-order valence-corrected chi connectivity index (χ4v) is 4.50. The molecule has 1 aromatic heterocycles. The first-order valence-corrected chi connectivity index (χ1v) is 8.77.